The minimum atomic E-state index is 0.337. The minimum Gasteiger partial charge on any atom is -0.0842 e. The van der Waals surface area contributed by atoms with E-state index < -0.39 is 0 Å². The Morgan fingerprint density at radius 1 is 1.32 bits per heavy atom. The van der Waals surface area contributed by atoms with E-state index in [9.17, 15) is 0 Å². The van der Waals surface area contributed by atoms with E-state index in [0.29, 0.717) is 5.41 Å². The maximum Gasteiger partial charge on any atom is 0.0200 e. The van der Waals surface area contributed by atoms with Crippen molar-refractivity contribution in [3.8, 4) is 0 Å². The van der Waals surface area contributed by atoms with Crippen molar-refractivity contribution in [1.29, 1.82) is 0 Å². The predicted octanol–water partition coefficient (Wildman–Crippen LogP) is 5.50. The van der Waals surface area contributed by atoms with Crippen molar-refractivity contribution in [1.82, 2.24) is 0 Å². The van der Waals surface area contributed by atoms with Crippen LogP contribution in [0, 0.1) is 5.92 Å². The Kier molecular flexibility index (Phi) is 3.12. The summed E-state index contributed by atoms with van der Waals surface area (Å²) in [5.74, 6) is 0.779. The van der Waals surface area contributed by atoms with Gasteiger partial charge in [-0.25, -0.2) is 0 Å². The van der Waals surface area contributed by atoms with E-state index in [1.807, 2.05) is 0 Å². The number of hydrogen-bond acceptors (Lipinski definition) is 0. The lowest BCUT2D eigenvalue weighted by Crippen LogP contribution is -2.28. The van der Waals surface area contributed by atoms with E-state index in [0.717, 1.165) is 12.3 Å². The second-order valence-corrected chi connectivity index (χ2v) is 6.16. The molecule has 1 aromatic carbocycles. The van der Waals surface area contributed by atoms with Crippen LogP contribution < -0.4 is 0 Å². The zero-order valence-electron chi connectivity index (χ0n) is 12.4. The Morgan fingerprint density at radius 3 is 2.79 bits per heavy atom. The Morgan fingerprint density at radius 2 is 2.11 bits per heavy atom. The molecule has 0 aliphatic heterocycles. The molecule has 3 rings (SSSR count). The summed E-state index contributed by atoms with van der Waals surface area (Å²) in [5, 5.41) is 0. The number of benzene rings is 1. The van der Waals surface area contributed by atoms with E-state index in [4.69, 9.17) is 0 Å². The van der Waals surface area contributed by atoms with Crippen molar-refractivity contribution < 1.29 is 0 Å². The molecule has 0 nitrogen and oxygen atoms in total. The second-order valence-electron chi connectivity index (χ2n) is 6.16. The van der Waals surface area contributed by atoms with Crippen LogP contribution in [0.2, 0.25) is 0 Å². The van der Waals surface area contributed by atoms with Gasteiger partial charge < -0.3 is 0 Å². The van der Waals surface area contributed by atoms with Crippen molar-refractivity contribution in [2.24, 2.45) is 5.92 Å². The molecule has 1 aromatic rings. The summed E-state index contributed by atoms with van der Waals surface area (Å²) in [6.45, 7) is 7.03. The van der Waals surface area contributed by atoms with Gasteiger partial charge in [0, 0.05) is 5.41 Å². The van der Waals surface area contributed by atoms with Crippen molar-refractivity contribution in [2.75, 3.05) is 0 Å². The fourth-order valence-corrected chi connectivity index (χ4v) is 4.34. The van der Waals surface area contributed by atoms with Gasteiger partial charge in [0.15, 0.2) is 0 Å². The lowest BCUT2D eigenvalue weighted by molar-refractivity contribution is 0.404. The van der Waals surface area contributed by atoms with Crippen LogP contribution in [0.3, 0.4) is 0 Å². The van der Waals surface area contributed by atoms with Crippen LogP contribution in [0.25, 0.3) is 5.57 Å². The number of hydrogen-bond donors (Lipinski definition) is 0. The molecule has 0 bridgehead atoms. The Labute approximate surface area is 117 Å². The highest BCUT2D eigenvalue weighted by atomic mass is 14.5. The van der Waals surface area contributed by atoms with Gasteiger partial charge in [-0.2, -0.15) is 0 Å². The first kappa shape index (κ1) is 12.7. The average Bonchev–Trinajstić information content (AvgIpc) is 2.92. The summed E-state index contributed by atoms with van der Waals surface area (Å²) in [5.41, 5.74) is 6.52. The van der Waals surface area contributed by atoms with Crippen LogP contribution >= 0.6 is 0 Å². The largest absolute Gasteiger partial charge is 0.0842 e. The second kappa shape index (κ2) is 4.67. The highest BCUT2D eigenvalue weighted by Crippen LogP contribution is 2.57. The molecular weight excluding hydrogens is 228 g/mol. The predicted molar refractivity (Wildman–Crippen MR) is 83.2 cm³/mol. The smallest absolute Gasteiger partial charge is 0.0200 e. The molecule has 0 heterocycles. The summed E-state index contributed by atoms with van der Waals surface area (Å²) in [7, 11) is 0. The van der Waals surface area contributed by atoms with Gasteiger partial charge in [0.1, 0.15) is 0 Å². The number of allylic oxidation sites excluding steroid dienone is 4. The summed E-state index contributed by atoms with van der Waals surface area (Å²) in [6.07, 6.45) is 9.85. The molecule has 0 saturated heterocycles. The van der Waals surface area contributed by atoms with Gasteiger partial charge in [-0.3, -0.25) is 0 Å². The van der Waals surface area contributed by atoms with E-state index in [1.54, 1.807) is 11.1 Å². The van der Waals surface area contributed by atoms with Crippen molar-refractivity contribution >= 4 is 5.57 Å². The highest BCUT2D eigenvalue weighted by Gasteiger charge is 2.48. The summed E-state index contributed by atoms with van der Waals surface area (Å²) >= 11 is 0. The van der Waals surface area contributed by atoms with Crippen LogP contribution in [-0.4, -0.2) is 0 Å². The van der Waals surface area contributed by atoms with Crippen molar-refractivity contribution in [3.05, 3.63) is 53.1 Å². The molecule has 2 aliphatic carbocycles. The maximum absolute atomic E-state index is 2.44. The van der Waals surface area contributed by atoms with E-state index in [-0.39, 0.29) is 0 Å². The Hall–Kier alpha value is -1.30. The van der Waals surface area contributed by atoms with Crippen LogP contribution in [0.4, 0.5) is 0 Å². The molecule has 19 heavy (non-hydrogen) atoms. The van der Waals surface area contributed by atoms with E-state index in [1.165, 1.54) is 30.4 Å². The molecule has 2 atom stereocenters. The lowest BCUT2D eigenvalue weighted by atomic mass is 9.70. The molecular formula is C19H24. The maximum atomic E-state index is 2.44. The monoisotopic (exact) mass is 252 g/mol. The molecule has 0 aromatic heterocycles. The molecule has 2 aliphatic rings. The SMILES string of the molecule is CC/C=C\C1=C(C)C2(CCC[C@@H]2C)c2ccccc21. The third kappa shape index (κ3) is 1.65. The molecule has 100 valence electrons. The quantitative estimate of drug-likeness (QED) is 0.652. The molecule has 0 radical (unpaired) electrons. The minimum absolute atomic E-state index is 0.337. The molecule has 0 amide bonds. The summed E-state index contributed by atoms with van der Waals surface area (Å²) in [4.78, 5) is 0. The topological polar surface area (TPSA) is 0 Å². The van der Waals surface area contributed by atoms with Crippen LogP contribution in [-0.2, 0) is 5.41 Å². The molecule has 1 saturated carbocycles. The third-order valence-electron chi connectivity index (χ3n) is 5.34. The van der Waals surface area contributed by atoms with Gasteiger partial charge in [-0.1, -0.05) is 62.3 Å². The first-order valence-corrected chi connectivity index (χ1v) is 7.69. The van der Waals surface area contributed by atoms with Gasteiger partial charge in [0.25, 0.3) is 0 Å². The molecule has 0 N–H and O–H groups in total. The normalized spacial score (nSPS) is 29.7. The van der Waals surface area contributed by atoms with Gasteiger partial charge in [0.2, 0.25) is 0 Å². The molecule has 1 unspecified atom stereocenters. The average molecular weight is 252 g/mol. The molecule has 1 spiro atoms. The number of fused-ring (bicyclic) bond motifs is 2. The summed E-state index contributed by atoms with van der Waals surface area (Å²) < 4.78 is 0. The molecule has 0 heteroatoms. The van der Waals surface area contributed by atoms with Gasteiger partial charge in [0.05, 0.1) is 0 Å². The fraction of sp³-hybridized carbons (Fsp3) is 0.474. The Balaban J connectivity index is 2.21. The summed E-state index contributed by atoms with van der Waals surface area (Å²) in [6, 6.07) is 9.08. The first-order chi connectivity index (χ1) is 9.21. The first-order valence-electron chi connectivity index (χ1n) is 7.69. The van der Waals surface area contributed by atoms with Gasteiger partial charge >= 0.3 is 0 Å². The third-order valence-corrected chi connectivity index (χ3v) is 5.34. The zero-order valence-corrected chi connectivity index (χ0v) is 12.4. The molecule has 1 fully saturated rings. The fourth-order valence-electron chi connectivity index (χ4n) is 4.34. The zero-order chi connectivity index (χ0) is 13.5. The lowest BCUT2D eigenvalue weighted by Gasteiger charge is -2.32. The Bertz CT molecular complexity index is 547. The van der Waals surface area contributed by atoms with Crippen molar-refractivity contribution in [2.45, 2.75) is 51.9 Å². The van der Waals surface area contributed by atoms with E-state index >= 15 is 0 Å². The van der Waals surface area contributed by atoms with Crippen LogP contribution in [0.5, 0.6) is 0 Å². The standard InChI is InChI=1S/C19H24/c1-4-5-10-16-15(3)19(13-8-9-14(19)2)18-12-7-6-11-17(16)18/h5-7,10-12,14H,4,8-9,13H2,1-3H3/b10-5-/t14-,19?/m0/s1. The highest BCUT2D eigenvalue weighted by molar-refractivity contribution is 5.86. The van der Waals surface area contributed by atoms with E-state index in [2.05, 4.69) is 57.2 Å². The van der Waals surface area contributed by atoms with Gasteiger partial charge in [-0.05, 0) is 48.8 Å². The number of rotatable bonds is 2. The van der Waals surface area contributed by atoms with Crippen LogP contribution in [0.15, 0.2) is 42.0 Å². The van der Waals surface area contributed by atoms with Crippen LogP contribution in [0.1, 0.15) is 57.6 Å². The van der Waals surface area contributed by atoms with Crippen molar-refractivity contribution in [3.63, 3.8) is 0 Å². The van der Waals surface area contributed by atoms with Gasteiger partial charge in [-0.15, -0.1) is 0 Å².